The Bertz CT molecular complexity index is 971. The van der Waals surface area contributed by atoms with E-state index in [4.69, 9.17) is 9.97 Å². The third-order valence-corrected chi connectivity index (χ3v) is 6.57. The van der Waals surface area contributed by atoms with Crippen LogP contribution in [0.2, 0.25) is 0 Å². The van der Waals surface area contributed by atoms with Crippen molar-refractivity contribution in [1.82, 2.24) is 9.97 Å². The Kier molecular flexibility index (Phi) is 3.98. The van der Waals surface area contributed by atoms with Crippen molar-refractivity contribution < 1.29 is 5.11 Å². The van der Waals surface area contributed by atoms with Crippen LogP contribution < -0.4 is 0 Å². The van der Waals surface area contributed by atoms with Crippen LogP contribution in [0.4, 0.5) is 0 Å². The van der Waals surface area contributed by atoms with Crippen molar-refractivity contribution in [3.8, 4) is 17.3 Å². The lowest BCUT2D eigenvalue weighted by molar-refractivity contribution is -0.0104. The minimum absolute atomic E-state index is 0.211. The number of aryl methyl sites for hydroxylation is 1. The third kappa shape index (κ3) is 2.53. The summed E-state index contributed by atoms with van der Waals surface area (Å²) in [7, 11) is 0. The number of hydrogen-bond acceptors (Lipinski definition) is 4. The van der Waals surface area contributed by atoms with Gasteiger partial charge >= 0.3 is 0 Å². The van der Waals surface area contributed by atoms with Crippen molar-refractivity contribution in [3.63, 3.8) is 0 Å². The van der Waals surface area contributed by atoms with Gasteiger partial charge in [0.2, 0.25) is 0 Å². The number of aromatic nitrogens is 2. The maximum Gasteiger partial charge on any atom is 0.126 e. The molecule has 1 aromatic carbocycles. The standard InChI is InChI=1S/C23H25N3O/c1-14-25-19(15-8-6-5-7-9-15)17-10-11-18-22(2,3)21(27)16(13-24)12-23(18,4)20(17)26-14/h5-9,12,18,21,27H,10-11H2,1-4H3/t18-,21?,23-/m0/s1. The van der Waals surface area contributed by atoms with Crippen molar-refractivity contribution in [1.29, 1.82) is 5.26 Å². The maximum absolute atomic E-state index is 10.8. The van der Waals surface area contributed by atoms with Crippen molar-refractivity contribution in [2.45, 2.75) is 52.1 Å². The first-order valence-electron chi connectivity index (χ1n) is 9.53. The van der Waals surface area contributed by atoms with E-state index in [2.05, 4.69) is 39.0 Å². The van der Waals surface area contributed by atoms with Crippen LogP contribution in [-0.4, -0.2) is 21.2 Å². The molecule has 1 aromatic heterocycles. The van der Waals surface area contributed by atoms with E-state index in [-0.39, 0.29) is 5.92 Å². The number of aliphatic hydroxyl groups is 1. The zero-order chi connectivity index (χ0) is 19.4. The Labute approximate surface area is 160 Å². The molecule has 1 N–H and O–H groups in total. The number of aliphatic hydroxyl groups excluding tert-OH is 1. The van der Waals surface area contributed by atoms with Gasteiger partial charge in [-0.05, 0) is 31.1 Å². The SMILES string of the molecule is Cc1nc(-c2ccccc2)c2c(n1)[C@@]1(C)C=C(C#N)C(O)C(C)(C)[C@@H]1CC2. The molecule has 0 radical (unpaired) electrons. The van der Waals surface area contributed by atoms with Crippen molar-refractivity contribution in [3.05, 3.63) is 59.1 Å². The molecular formula is C23H25N3O. The Morgan fingerprint density at radius 1 is 1.15 bits per heavy atom. The van der Waals surface area contributed by atoms with Crippen LogP contribution in [0.5, 0.6) is 0 Å². The molecule has 0 amide bonds. The lowest BCUT2D eigenvalue weighted by atomic mass is 9.51. The Hall–Kier alpha value is -2.51. The van der Waals surface area contributed by atoms with Gasteiger partial charge in [-0.15, -0.1) is 0 Å². The maximum atomic E-state index is 10.8. The van der Waals surface area contributed by atoms with Crippen LogP contribution in [0.15, 0.2) is 42.0 Å². The highest BCUT2D eigenvalue weighted by atomic mass is 16.3. The molecule has 3 atom stereocenters. The predicted molar refractivity (Wildman–Crippen MR) is 105 cm³/mol. The normalized spacial score (nSPS) is 28.5. The summed E-state index contributed by atoms with van der Waals surface area (Å²) < 4.78 is 0. The second-order valence-electron chi connectivity index (χ2n) is 8.62. The molecule has 4 heteroatoms. The van der Waals surface area contributed by atoms with E-state index >= 15 is 0 Å². The van der Waals surface area contributed by atoms with Gasteiger partial charge in [0.15, 0.2) is 0 Å². The first kappa shape index (κ1) is 17.9. The van der Waals surface area contributed by atoms with E-state index < -0.39 is 16.9 Å². The average Bonchev–Trinajstić information content (AvgIpc) is 2.65. The van der Waals surface area contributed by atoms with Crippen molar-refractivity contribution in [2.24, 2.45) is 11.3 Å². The van der Waals surface area contributed by atoms with E-state index in [0.717, 1.165) is 35.6 Å². The van der Waals surface area contributed by atoms with Gasteiger partial charge in [-0.2, -0.15) is 5.26 Å². The highest BCUT2D eigenvalue weighted by Crippen LogP contribution is 2.56. The molecule has 2 aliphatic carbocycles. The lowest BCUT2D eigenvalue weighted by Crippen LogP contribution is -2.53. The molecule has 1 heterocycles. The smallest absolute Gasteiger partial charge is 0.126 e. The molecule has 0 bridgehead atoms. The van der Waals surface area contributed by atoms with Crippen LogP contribution in [0.3, 0.4) is 0 Å². The highest BCUT2D eigenvalue weighted by Gasteiger charge is 2.54. The molecule has 1 unspecified atom stereocenters. The largest absolute Gasteiger partial charge is 0.387 e. The summed E-state index contributed by atoms with van der Waals surface area (Å²) in [4.78, 5) is 9.64. The van der Waals surface area contributed by atoms with Gasteiger partial charge in [-0.1, -0.05) is 57.2 Å². The summed E-state index contributed by atoms with van der Waals surface area (Å²) in [6.07, 6.45) is 3.05. The van der Waals surface area contributed by atoms with Crippen molar-refractivity contribution in [2.75, 3.05) is 0 Å². The second kappa shape index (κ2) is 6.00. The Morgan fingerprint density at radius 2 is 1.85 bits per heavy atom. The van der Waals surface area contributed by atoms with Gasteiger partial charge in [0.25, 0.3) is 0 Å². The van der Waals surface area contributed by atoms with Crippen molar-refractivity contribution >= 4 is 0 Å². The number of benzene rings is 1. The van der Waals surface area contributed by atoms with Crippen LogP contribution in [0.25, 0.3) is 11.3 Å². The zero-order valence-electron chi connectivity index (χ0n) is 16.3. The number of fused-ring (bicyclic) bond motifs is 3. The fraction of sp³-hybridized carbons (Fsp3) is 0.435. The van der Waals surface area contributed by atoms with E-state index in [1.54, 1.807) is 0 Å². The molecule has 0 spiro atoms. The average molecular weight is 359 g/mol. The van der Waals surface area contributed by atoms with Gasteiger partial charge in [0.1, 0.15) is 5.82 Å². The van der Waals surface area contributed by atoms with Gasteiger partial charge in [-0.3, -0.25) is 0 Å². The predicted octanol–water partition coefficient (Wildman–Crippen LogP) is 4.12. The monoisotopic (exact) mass is 359 g/mol. The molecule has 0 fully saturated rings. The summed E-state index contributed by atoms with van der Waals surface area (Å²) in [5, 5.41) is 20.4. The molecule has 0 saturated heterocycles. The molecule has 27 heavy (non-hydrogen) atoms. The molecule has 0 saturated carbocycles. The molecule has 4 rings (SSSR count). The molecule has 2 aromatic rings. The molecule has 138 valence electrons. The van der Waals surface area contributed by atoms with E-state index in [0.29, 0.717) is 5.57 Å². The summed E-state index contributed by atoms with van der Waals surface area (Å²) >= 11 is 0. The van der Waals surface area contributed by atoms with Gasteiger partial charge in [0, 0.05) is 16.5 Å². The van der Waals surface area contributed by atoms with Crippen LogP contribution >= 0.6 is 0 Å². The van der Waals surface area contributed by atoms with Crippen LogP contribution in [0, 0.1) is 29.6 Å². The summed E-state index contributed by atoms with van der Waals surface area (Å²) in [6.45, 7) is 8.24. The van der Waals surface area contributed by atoms with Gasteiger partial charge in [0.05, 0.1) is 29.1 Å². The fourth-order valence-electron chi connectivity index (χ4n) is 5.27. The Morgan fingerprint density at radius 3 is 2.52 bits per heavy atom. The van der Waals surface area contributed by atoms with Crippen LogP contribution in [-0.2, 0) is 11.8 Å². The summed E-state index contributed by atoms with van der Waals surface area (Å²) in [5.41, 5.74) is 3.94. The first-order valence-corrected chi connectivity index (χ1v) is 9.53. The zero-order valence-corrected chi connectivity index (χ0v) is 16.3. The molecule has 4 nitrogen and oxygen atoms in total. The lowest BCUT2D eigenvalue weighted by Gasteiger charge is -2.53. The fourth-order valence-corrected chi connectivity index (χ4v) is 5.27. The number of allylic oxidation sites excluding steroid dienone is 1. The second-order valence-corrected chi connectivity index (χ2v) is 8.62. The van der Waals surface area contributed by atoms with E-state index in [1.807, 2.05) is 31.2 Å². The van der Waals surface area contributed by atoms with E-state index in [1.165, 1.54) is 5.56 Å². The molecule has 0 aliphatic heterocycles. The van der Waals surface area contributed by atoms with Gasteiger partial charge in [-0.25, -0.2) is 9.97 Å². The number of nitrogens with zero attached hydrogens (tertiary/aromatic N) is 3. The van der Waals surface area contributed by atoms with E-state index in [9.17, 15) is 10.4 Å². The minimum Gasteiger partial charge on any atom is -0.387 e. The highest BCUT2D eigenvalue weighted by molar-refractivity contribution is 5.66. The summed E-state index contributed by atoms with van der Waals surface area (Å²) in [6, 6.07) is 12.5. The Balaban J connectivity index is 1.99. The molecule has 2 aliphatic rings. The third-order valence-electron chi connectivity index (χ3n) is 6.57. The number of nitriles is 1. The topological polar surface area (TPSA) is 69.8 Å². The first-order chi connectivity index (χ1) is 12.8. The quantitative estimate of drug-likeness (QED) is 0.831. The van der Waals surface area contributed by atoms with Gasteiger partial charge < -0.3 is 5.11 Å². The number of hydrogen-bond donors (Lipinski definition) is 1. The summed E-state index contributed by atoms with van der Waals surface area (Å²) in [5.74, 6) is 0.952. The number of rotatable bonds is 1. The molecular weight excluding hydrogens is 334 g/mol. The minimum atomic E-state index is -0.737. The van der Waals surface area contributed by atoms with Crippen LogP contribution in [0.1, 0.15) is 44.3 Å².